The number of ether oxygens (including phenoxy) is 2. The molecule has 0 radical (unpaired) electrons. The summed E-state index contributed by atoms with van der Waals surface area (Å²) in [6.45, 7) is 3.76. The van der Waals surface area contributed by atoms with Gasteiger partial charge in [-0.2, -0.15) is 0 Å². The molecule has 1 atom stereocenters. The molecule has 0 spiro atoms. The lowest BCUT2D eigenvalue weighted by Crippen LogP contribution is -2.27. The van der Waals surface area contributed by atoms with Crippen molar-refractivity contribution in [3.8, 4) is 0 Å². The minimum atomic E-state index is -0.336. The van der Waals surface area contributed by atoms with Crippen LogP contribution in [0.5, 0.6) is 0 Å². The Morgan fingerprint density at radius 3 is 3.05 bits per heavy atom. The van der Waals surface area contributed by atoms with Gasteiger partial charge in [-0.25, -0.2) is 9.78 Å². The smallest absolute Gasteiger partial charge is 0.339 e. The van der Waals surface area contributed by atoms with Crippen LogP contribution in [0.4, 0.5) is 5.82 Å². The van der Waals surface area contributed by atoms with Crippen LogP contribution >= 0.6 is 0 Å². The van der Waals surface area contributed by atoms with Crippen LogP contribution in [0.2, 0.25) is 0 Å². The van der Waals surface area contributed by atoms with Crippen LogP contribution < -0.4 is 5.32 Å². The molecule has 1 N–H and O–H groups in total. The second kappa shape index (κ2) is 7.09. The SMILES string of the molecule is CCOC(=O)c1ccc(NCC2CCCCO2)nc1. The number of anilines is 1. The molecule has 1 aliphatic rings. The fourth-order valence-electron chi connectivity index (χ4n) is 2.02. The van der Waals surface area contributed by atoms with E-state index in [4.69, 9.17) is 9.47 Å². The highest BCUT2D eigenvalue weighted by Gasteiger charge is 2.13. The number of aromatic nitrogens is 1. The van der Waals surface area contributed by atoms with E-state index in [9.17, 15) is 4.79 Å². The summed E-state index contributed by atoms with van der Waals surface area (Å²) in [7, 11) is 0. The first kappa shape index (κ1) is 13.8. The van der Waals surface area contributed by atoms with Gasteiger partial charge in [0.1, 0.15) is 5.82 Å². The molecule has 19 heavy (non-hydrogen) atoms. The van der Waals surface area contributed by atoms with Crippen molar-refractivity contribution < 1.29 is 14.3 Å². The van der Waals surface area contributed by atoms with Crippen LogP contribution in [0.15, 0.2) is 18.3 Å². The summed E-state index contributed by atoms with van der Waals surface area (Å²) in [4.78, 5) is 15.7. The van der Waals surface area contributed by atoms with Gasteiger partial charge in [0.25, 0.3) is 0 Å². The van der Waals surface area contributed by atoms with Crippen molar-refractivity contribution in [1.82, 2.24) is 4.98 Å². The average molecular weight is 264 g/mol. The molecule has 1 aromatic heterocycles. The summed E-state index contributed by atoms with van der Waals surface area (Å²) in [6.07, 6.45) is 5.26. The highest BCUT2D eigenvalue weighted by Crippen LogP contribution is 2.13. The average Bonchev–Trinajstić information content (AvgIpc) is 2.47. The number of esters is 1. The van der Waals surface area contributed by atoms with Crippen molar-refractivity contribution in [2.45, 2.75) is 32.3 Å². The van der Waals surface area contributed by atoms with Crippen LogP contribution in [0.25, 0.3) is 0 Å². The van der Waals surface area contributed by atoms with Crippen molar-refractivity contribution in [2.75, 3.05) is 25.1 Å². The van der Waals surface area contributed by atoms with E-state index in [-0.39, 0.29) is 12.1 Å². The third-order valence-electron chi connectivity index (χ3n) is 3.06. The van der Waals surface area contributed by atoms with Crippen molar-refractivity contribution >= 4 is 11.8 Å². The maximum Gasteiger partial charge on any atom is 0.339 e. The van der Waals surface area contributed by atoms with E-state index in [2.05, 4.69) is 10.3 Å². The molecule has 0 saturated carbocycles. The van der Waals surface area contributed by atoms with E-state index >= 15 is 0 Å². The predicted molar refractivity (Wildman–Crippen MR) is 72.3 cm³/mol. The number of carbonyl (C=O) groups is 1. The fourth-order valence-corrected chi connectivity index (χ4v) is 2.02. The minimum absolute atomic E-state index is 0.264. The summed E-state index contributed by atoms with van der Waals surface area (Å²) in [5, 5.41) is 3.22. The second-order valence-corrected chi connectivity index (χ2v) is 4.52. The minimum Gasteiger partial charge on any atom is -0.462 e. The molecule has 0 aliphatic carbocycles. The third kappa shape index (κ3) is 4.21. The zero-order valence-electron chi connectivity index (χ0n) is 11.2. The van der Waals surface area contributed by atoms with E-state index in [0.717, 1.165) is 31.8 Å². The van der Waals surface area contributed by atoms with Gasteiger partial charge in [0.05, 0.1) is 18.3 Å². The highest BCUT2D eigenvalue weighted by molar-refractivity contribution is 5.89. The van der Waals surface area contributed by atoms with Crippen molar-refractivity contribution in [3.63, 3.8) is 0 Å². The molecule has 1 aromatic rings. The molecule has 104 valence electrons. The number of nitrogens with one attached hydrogen (secondary N) is 1. The zero-order valence-corrected chi connectivity index (χ0v) is 11.2. The molecule has 1 fully saturated rings. The van der Waals surface area contributed by atoms with E-state index in [1.54, 1.807) is 19.1 Å². The highest BCUT2D eigenvalue weighted by atomic mass is 16.5. The largest absolute Gasteiger partial charge is 0.462 e. The van der Waals surface area contributed by atoms with Crippen LogP contribution in [0.3, 0.4) is 0 Å². The molecule has 2 rings (SSSR count). The molecular formula is C14H20N2O3. The van der Waals surface area contributed by atoms with Crippen LogP contribution in [-0.2, 0) is 9.47 Å². The Balaban J connectivity index is 1.82. The van der Waals surface area contributed by atoms with Gasteiger partial charge >= 0.3 is 5.97 Å². The van der Waals surface area contributed by atoms with E-state index in [1.165, 1.54) is 12.6 Å². The third-order valence-corrected chi connectivity index (χ3v) is 3.06. The molecule has 1 unspecified atom stereocenters. The standard InChI is InChI=1S/C14H20N2O3/c1-2-18-14(17)11-6-7-13(15-9-11)16-10-12-5-3-4-8-19-12/h6-7,9,12H,2-5,8,10H2,1H3,(H,15,16). The Labute approximate surface area is 113 Å². The van der Waals surface area contributed by atoms with Gasteiger partial charge in [-0.05, 0) is 38.3 Å². The Kier molecular flexibility index (Phi) is 5.15. The Hall–Kier alpha value is -1.62. The second-order valence-electron chi connectivity index (χ2n) is 4.52. The number of nitrogens with zero attached hydrogens (tertiary/aromatic N) is 1. The topological polar surface area (TPSA) is 60.5 Å². The van der Waals surface area contributed by atoms with Crippen molar-refractivity contribution in [1.29, 1.82) is 0 Å². The quantitative estimate of drug-likeness (QED) is 0.826. The van der Waals surface area contributed by atoms with Gasteiger partial charge in [0.2, 0.25) is 0 Å². The Morgan fingerprint density at radius 1 is 1.53 bits per heavy atom. The van der Waals surface area contributed by atoms with Crippen LogP contribution in [0, 0.1) is 0 Å². The van der Waals surface area contributed by atoms with Gasteiger partial charge in [-0.15, -0.1) is 0 Å². The first-order chi connectivity index (χ1) is 9.29. The van der Waals surface area contributed by atoms with Crippen molar-refractivity contribution in [3.05, 3.63) is 23.9 Å². The monoisotopic (exact) mass is 264 g/mol. The molecule has 2 heterocycles. The fraction of sp³-hybridized carbons (Fsp3) is 0.571. The van der Waals surface area contributed by atoms with E-state index in [1.807, 2.05) is 0 Å². The number of hydrogen-bond acceptors (Lipinski definition) is 5. The summed E-state index contributed by atoms with van der Waals surface area (Å²) in [5.74, 6) is 0.416. The summed E-state index contributed by atoms with van der Waals surface area (Å²) >= 11 is 0. The zero-order chi connectivity index (χ0) is 13.5. The van der Waals surface area contributed by atoms with Gasteiger partial charge in [0.15, 0.2) is 0 Å². The van der Waals surface area contributed by atoms with Crippen LogP contribution in [-0.4, -0.2) is 36.8 Å². The lowest BCUT2D eigenvalue weighted by molar-refractivity contribution is 0.0247. The van der Waals surface area contributed by atoms with E-state index < -0.39 is 0 Å². The molecule has 1 saturated heterocycles. The number of pyridine rings is 1. The molecule has 1 aliphatic heterocycles. The molecule has 5 heteroatoms. The molecule has 0 bridgehead atoms. The summed E-state index contributed by atoms with van der Waals surface area (Å²) in [5.41, 5.74) is 0.473. The maximum atomic E-state index is 11.5. The molecule has 0 amide bonds. The van der Waals surface area contributed by atoms with E-state index in [0.29, 0.717) is 12.2 Å². The number of hydrogen-bond donors (Lipinski definition) is 1. The lowest BCUT2D eigenvalue weighted by Gasteiger charge is -2.22. The first-order valence-electron chi connectivity index (χ1n) is 6.78. The maximum absolute atomic E-state index is 11.5. The van der Waals surface area contributed by atoms with Gasteiger partial charge in [-0.3, -0.25) is 0 Å². The van der Waals surface area contributed by atoms with Gasteiger partial charge in [0, 0.05) is 19.3 Å². The first-order valence-corrected chi connectivity index (χ1v) is 6.78. The number of rotatable bonds is 5. The normalized spacial score (nSPS) is 18.9. The van der Waals surface area contributed by atoms with Crippen molar-refractivity contribution in [2.24, 2.45) is 0 Å². The lowest BCUT2D eigenvalue weighted by atomic mass is 10.1. The van der Waals surface area contributed by atoms with Gasteiger partial charge in [-0.1, -0.05) is 0 Å². The molecule has 5 nitrogen and oxygen atoms in total. The summed E-state index contributed by atoms with van der Waals surface area (Å²) in [6, 6.07) is 3.50. The molecule has 0 aromatic carbocycles. The molecular weight excluding hydrogens is 244 g/mol. The van der Waals surface area contributed by atoms with Gasteiger partial charge < -0.3 is 14.8 Å². The van der Waals surface area contributed by atoms with Crippen LogP contribution in [0.1, 0.15) is 36.5 Å². The Bertz CT molecular complexity index is 400. The number of carbonyl (C=O) groups excluding carboxylic acids is 1. The predicted octanol–water partition coefficient (Wildman–Crippen LogP) is 2.24. The Morgan fingerprint density at radius 2 is 2.42 bits per heavy atom. The summed E-state index contributed by atoms with van der Waals surface area (Å²) < 4.78 is 10.5.